The molecule has 0 aliphatic carbocycles. The van der Waals surface area contributed by atoms with Crippen molar-refractivity contribution >= 4 is 25.3 Å². The lowest BCUT2D eigenvalue weighted by molar-refractivity contribution is 0.0361. The highest BCUT2D eigenvalue weighted by molar-refractivity contribution is 7.84. The van der Waals surface area contributed by atoms with Gasteiger partial charge in [0.05, 0.1) is 18.6 Å². The fourth-order valence-electron chi connectivity index (χ4n) is 0.991. The van der Waals surface area contributed by atoms with Crippen molar-refractivity contribution in [3.05, 3.63) is 0 Å². The second kappa shape index (κ2) is 4.49. The van der Waals surface area contributed by atoms with Crippen LogP contribution in [0.4, 0.5) is 0 Å². The summed E-state index contributed by atoms with van der Waals surface area (Å²) in [6.07, 6.45) is 0. The third kappa shape index (κ3) is 2.34. The zero-order valence-corrected chi connectivity index (χ0v) is 7.65. The highest BCUT2D eigenvalue weighted by atomic mass is 32.1. The van der Waals surface area contributed by atoms with Gasteiger partial charge >= 0.3 is 0 Å². The third-order valence-electron chi connectivity index (χ3n) is 1.63. The summed E-state index contributed by atoms with van der Waals surface area (Å²) in [4.78, 5) is 2.28. The van der Waals surface area contributed by atoms with Crippen molar-refractivity contribution in [2.24, 2.45) is 0 Å². The van der Waals surface area contributed by atoms with E-state index in [0.717, 1.165) is 32.1 Å². The van der Waals surface area contributed by atoms with Crippen molar-refractivity contribution < 1.29 is 4.74 Å². The van der Waals surface area contributed by atoms with Crippen LogP contribution in [0.3, 0.4) is 0 Å². The molecule has 1 saturated heterocycles. The second-order valence-corrected chi connectivity index (χ2v) is 3.27. The maximum atomic E-state index is 5.19. The summed E-state index contributed by atoms with van der Waals surface area (Å²) in [6.45, 7) is 3.67. The summed E-state index contributed by atoms with van der Waals surface area (Å²) in [5, 5.41) is 0.298. The van der Waals surface area contributed by atoms with E-state index in [9.17, 15) is 0 Å². The molecule has 1 rings (SSSR count). The molecule has 0 aromatic carbocycles. The maximum Gasteiger partial charge on any atom is 0.0618 e. The first-order valence-corrected chi connectivity index (χ1v) is 4.60. The molecule has 10 heavy (non-hydrogen) atoms. The van der Waals surface area contributed by atoms with E-state index in [4.69, 9.17) is 4.74 Å². The van der Waals surface area contributed by atoms with E-state index in [0.29, 0.717) is 5.37 Å². The lowest BCUT2D eigenvalue weighted by atomic mass is 10.4. The number of morpholine rings is 1. The Hall–Kier alpha value is 0.620. The first kappa shape index (κ1) is 8.71. The highest BCUT2D eigenvalue weighted by Crippen LogP contribution is 2.07. The van der Waals surface area contributed by atoms with Gasteiger partial charge in [-0.25, -0.2) is 0 Å². The zero-order chi connectivity index (χ0) is 7.40. The Kier molecular flexibility index (Phi) is 3.91. The molecule has 1 atom stereocenters. The zero-order valence-electron chi connectivity index (χ0n) is 5.86. The van der Waals surface area contributed by atoms with Gasteiger partial charge in [0, 0.05) is 18.8 Å². The van der Waals surface area contributed by atoms with Crippen LogP contribution in [0.2, 0.25) is 0 Å². The van der Waals surface area contributed by atoms with E-state index >= 15 is 0 Å². The van der Waals surface area contributed by atoms with Crippen LogP contribution >= 0.6 is 25.3 Å². The van der Waals surface area contributed by atoms with Crippen LogP contribution in [-0.2, 0) is 4.74 Å². The Balaban J connectivity index is 2.24. The summed E-state index contributed by atoms with van der Waals surface area (Å²) in [6, 6.07) is 0. The first-order chi connectivity index (χ1) is 4.84. The lowest BCUT2D eigenvalue weighted by Crippen LogP contribution is -2.41. The summed E-state index contributed by atoms with van der Waals surface area (Å²) < 4.78 is 5.19. The van der Waals surface area contributed by atoms with Gasteiger partial charge in [0.1, 0.15) is 0 Å². The first-order valence-electron chi connectivity index (χ1n) is 3.45. The molecule has 1 aliphatic rings. The Bertz CT molecular complexity index is 95.7. The third-order valence-corrected chi connectivity index (χ3v) is 2.77. The number of hydrogen-bond acceptors (Lipinski definition) is 4. The molecule has 1 aliphatic heterocycles. The van der Waals surface area contributed by atoms with E-state index in [2.05, 4.69) is 30.2 Å². The molecule has 60 valence electrons. The number of ether oxygens (including phenoxy) is 1. The summed E-state index contributed by atoms with van der Waals surface area (Å²) >= 11 is 8.53. The van der Waals surface area contributed by atoms with Gasteiger partial charge in [-0.1, -0.05) is 0 Å². The molecular weight excluding hydrogens is 166 g/mol. The van der Waals surface area contributed by atoms with Crippen LogP contribution in [0.25, 0.3) is 0 Å². The summed E-state index contributed by atoms with van der Waals surface area (Å²) in [7, 11) is 0. The Morgan fingerprint density at radius 2 is 2.00 bits per heavy atom. The molecule has 0 saturated carbocycles. The smallest absolute Gasteiger partial charge is 0.0618 e. The molecule has 0 radical (unpaired) electrons. The Labute approximate surface area is 72.7 Å². The van der Waals surface area contributed by atoms with E-state index in [1.807, 2.05) is 0 Å². The molecule has 1 heterocycles. The number of rotatable bonds is 2. The molecule has 0 amide bonds. The van der Waals surface area contributed by atoms with Crippen molar-refractivity contribution in [3.63, 3.8) is 0 Å². The molecule has 0 spiro atoms. The fraction of sp³-hybridized carbons (Fsp3) is 1.00. The molecule has 1 fully saturated rings. The van der Waals surface area contributed by atoms with Crippen molar-refractivity contribution in [2.45, 2.75) is 5.37 Å². The van der Waals surface area contributed by atoms with Gasteiger partial charge in [-0.05, 0) is 0 Å². The molecule has 0 N–H and O–H groups in total. The van der Waals surface area contributed by atoms with Crippen LogP contribution < -0.4 is 0 Å². The van der Waals surface area contributed by atoms with Gasteiger partial charge in [0.15, 0.2) is 0 Å². The number of nitrogens with zero attached hydrogens (tertiary/aromatic N) is 1. The van der Waals surface area contributed by atoms with Crippen molar-refractivity contribution in [3.8, 4) is 0 Å². The lowest BCUT2D eigenvalue weighted by Gasteiger charge is -2.30. The largest absolute Gasteiger partial charge is 0.379 e. The number of hydrogen-bond donors (Lipinski definition) is 2. The van der Waals surface area contributed by atoms with Crippen LogP contribution in [0.5, 0.6) is 0 Å². The van der Waals surface area contributed by atoms with Crippen LogP contribution in [0.15, 0.2) is 0 Å². The summed E-state index contributed by atoms with van der Waals surface area (Å²) in [5.74, 6) is 0.809. The normalized spacial score (nSPS) is 24.6. The standard InChI is InChI=1S/C6H13NOS2/c9-5-6(10)7-1-3-8-4-2-7/h6,9-10H,1-5H2. The minimum absolute atomic E-state index is 0.298. The average Bonchev–Trinajstić information content (AvgIpc) is 2.05. The molecule has 4 heteroatoms. The van der Waals surface area contributed by atoms with E-state index in [1.165, 1.54) is 0 Å². The SMILES string of the molecule is SCC(S)N1CCOCC1. The number of thiol groups is 2. The van der Waals surface area contributed by atoms with Crippen LogP contribution in [0.1, 0.15) is 0 Å². The minimum atomic E-state index is 0.298. The van der Waals surface area contributed by atoms with E-state index < -0.39 is 0 Å². The van der Waals surface area contributed by atoms with Crippen molar-refractivity contribution in [2.75, 3.05) is 32.1 Å². The van der Waals surface area contributed by atoms with E-state index in [-0.39, 0.29) is 0 Å². The molecule has 0 bridgehead atoms. The van der Waals surface area contributed by atoms with Crippen molar-refractivity contribution in [1.82, 2.24) is 4.90 Å². The molecular formula is C6H13NOS2. The fourth-order valence-corrected chi connectivity index (χ4v) is 1.45. The monoisotopic (exact) mass is 179 g/mol. The van der Waals surface area contributed by atoms with E-state index in [1.54, 1.807) is 0 Å². The quantitative estimate of drug-likeness (QED) is 0.599. The van der Waals surface area contributed by atoms with Crippen molar-refractivity contribution in [1.29, 1.82) is 0 Å². The highest BCUT2D eigenvalue weighted by Gasteiger charge is 2.15. The Morgan fingerprint density at radius 3 is 2.50 bits per heavy atom. The topological polar surface area (TPSA) is 12.5 Å². The van der Waals surface area contributed by atoms with Gasteiger partial charge in [-0.3, -0.25) is 4.90 Å². The molecule has 0 aromatic heterocycles. The predicted octanol–water partition coefficient (Wildman–Crippen LogP) is 0.504. The predicted molar refractivity (Wildman–Crippen MR) is 49.0 cm³/mol. The van der Waals surface area contributed by atoms with Gasteiger partial charge in [0.25, 0.3) is 0 Å². The Morgan fingerprint density at radius 1 is 1.40 bits per heavy atom. The summed E-state index contributed by atoms with van der Waals surface area (Å²) in [5.41, 5.74) is 0. The second-order valence-electron chi connectivity index (χ2n) is 2.31. The van der Waals surface area contributed by atoms with Gasteiger partial charge < -0.3 is 4.74 Å². The minimum Gasteiger partial charge on any atom is -0.379 e. The van der Waals surface area contributed by atoms with Gasteiger partial charge in [0.2, 0.25) is 0 Å². The molecule has 2 nitrogen and oxygen atoms in total. The van der Waals surface area contributed by atoms with Crippen LogP contribution in [-0.4, -0.2) is 42.3 Å². The molecule has 0 aromatic rings. The van der Waals surface area contributed by atoms with Gasteiger partial charge in [-0.15, -0.1) is 0 Å². The van der Waals surface area contributed by atoms with Gasteiger partial charge in [-0.2, -0.15) is 25.3 Å². The molecule has 1 unspecified atom stereocenters. The van der Waals surface area contributed by atoms with Crippen LogP contribution in [0, 0.1) is 0 Å². The maximum absolute atomic E-state index is 5.19. The average molecular weight is 179 g/mol.